The second-order valence-electron chi connectivity index (χ2n) is 6.25. The number of nitrogens with two attached hydrogens (primary N) is 1. The van der Waals surface area contributed by atoms with Crippen LogP contribution >= 0.6 is 12.4 Å². The molecule has 1 aromatic carbocycles. The number of nitrogens with zero attached hydrogens (tertiary/aromatic N) is 2. The van der Waals surface area contributed by atoms with Crippen molar-refractivity contribution < 1.29 is 4.79 Å². The summed E-state index contributed by atoms with van der Waals surface area (Å²) in [7, 11) is 0. The number of hydrogen-bond donors (Lipinski definition) is 2. The van der Waals surface area contributed by atoms with Gasteiger partial charge in [-0.15, -0.1) is 12.4 Å². The summed E-state index contributed by atoms with van der Waals surface area (Å²) in [5, 5.41) is 3.64. The highest BCUT2D eigenvalue weighted by molar-refractivity contribution is 5.85. The first-order valence-electron chi connectivity index (χ1n) is 8.09. The molecule has 1 amide bonds. The maximum absolute atomic E-state index is 12.4. The number of para-hydroxylation sites is 1. The summed E-state index contributed by atoms with van der Waals surface area (Å²) in [6, 6.07) is 7.22. The zero-order chi connectivity index (χ0) is 16.3. The van der Waals surface area contributed by atoms with E-state index in [1.165, 1.54) is 10.9 Å². The van der Waals surface area contributed by atoms with Crippen LogP contribution in [0.2, 0.25) is 0 Å². The van der Waals surface area contributed by atoms with Crippen LogP contribution in [-0.2, 0) is 11.3 Å². The van der Waals surface area contributed by atoms with Gasteiger partial charge in [0.1, 0.15) is 0 Å². The normalized spacial score (nSPS) is 15.9. The number of aromatic nitrogens is 2. The minimum absolute atomic E-state index is 0. The van der Waals surface area contributed by atoms with Gasteiger partial charge in [-0.3, -0.25) is 14.2 Å². The monoisotopic (exact) mass is 350 g/mol. The van der Waals surface area contributed by atoms with Crippen molar-refractivity contribution in [1.82, 2.24) is 14.9 Å². The maximum Gasteiger partial charge on any atom is 0.261 e. The molecule has 0 unspecified atom stereocenters. The number of carbonyl (C=O) groups is 1. The quantitative estimate of drug-likeness (QED) is 0.857. The van der Waals surface area contributed by atoms with E-state index >= 15 is 0 Å². The Morgan fingerprint density at radius 1 is 1.29 bits per heavy atom. The van der Waals surface area contributed by atoms with Gasteiger partial charge >= 0.3 is 0 Å². The minimum Gasteiger partial charge on any atom is -0.349 e. The average Bonchev–Trinajstić information content (AvgIpc) is 3.03. The summed E-state index contributed by atoms with van der Waals surface area (Å²) < 4.78 is 1.49. The Hall–Kier alpha value is -1.92. The number of fused-ring (bicyclic) bond motifs is 1. The van der Waals surface area contributed by atoms with E-state index in [1.807, 2.05) is 12.1 Å². The lowest BCUT2D eigenvalue weighted by molar-refractivity contribution is -0.123. The Kier molecular flexibility index (Phi) is 5.96. The van der Waals surface area contributed by atoms with Crippen molar-refractivity contribution in [2.75, 3.05) is 6.54 Å². The van der Waals surface area contributed by atoms with Crippen molar-refractivity contribution in [3.63, 3.8) is 0 Å². The highest BCUT2D eigenvalue weighted by Crippen LogP contribution is 2.28. The van der Waals surface area contributed by atoms with Crippen molar-refractivity contribution in [3.05, 3.63) is 40.9 Å². The van der Waals surface area contributed by atoms with Crippen LogP contribution in [0.5, 0.6) is 0 Å². The molecule has 2 aromatic rings. The van der Waals surface area contributed by atoms with E-state index in [4.69, 9.17) is 5.73 Å². The van der Waals surface area contributed by atoms with Crippen LogP contribution in [0.1, 0.15) is 32.1 Å². The number of benzene rings is 1. The molecule has 0 aliphatic heterocycles. The summed E-state index contributed by atoms with van der Waals surface area (Å²) in [4.78, 5) is 28.8. The summed E-state index contributed by atoms with van der Waals surface area (Å²) in [5.74, 6) is -0.0580. The molecule has 1 aliphatic rings. The molecule has 24 heavy (non-hydrogen) atoms. The molecule has 1 saturated carbocycles. The molecule has 3 rings (SSSR count). The molecule has 0 saturated heterocycles. The van der Waals surface area contributed by atoms with Crippen molar-refractivity contribution in [1.29, 1.82) is 0 Å². The van der Waals surface area contributed by atoms with Crippen LogP contribution in [0.15, 0.2) is 35.4 Å². The average molecular weight is 351 g/mol. The fraction of sp³-hybridized carbons (Fsp3) is 0.471. The predicted molar refractivity (Wildman–Crippen MR) is 96.3 cm³/mol. The highest BCUT2D eigenvalue weighted by Gasteiger charge is 2.33. The molecule has 0 spiro atoms. The van der Waals surface area contributed by atoms with Crippen molar-refractivity contribution >= 4 is 29.2 Å². The molecule has 7 heteroatoms. The van der Waals surface area contributed by atoms with Crippen LogP contribution in [0.25, 0.3) is 10.9 Å². The van der Waals surface area contributed by atoms with Crippen LogP contribution in [0, 0.1) is 0 Å². The van der Waals surface area contributed by atoms with Crippen LogP contribution in [0.4, 0.5) is 0 Å². The molecular weight excluding hydrogens is 328 g/mol. The Morgan fingerprint density at radius 3 is 2.71 bits per heavy atom. The third kappa shape index (κ3) is 3.76. The minimum atomic E-state index is -0.246. The molecule has 0 bridgehead atoms. The zero-order valence-corrected chi connectivity index (χ0v) is 14.3. The predicted octanol–water partition coefficient (Wildman–Crippen LogP) is 1.60. The molecule has 1 aliphatic carbocycles. The van der Waals surface area contributed by atoms with E-state index in [0.717, 1.165) is 25.7 Å². The van der Waals surface area contributed by atoms with Crippen LogP contribution < -0.4 is 16.6 Å². The first kappa shape index (κ1) is 18.4. The van der Waals surface area contributed by atoms with Crippen molar-refractivity contribution in [2.24, 2.45) is 5.73 Å². The SMILES string of the molecule is Cl.NCC1(NC(=O)CCn2cnc3ccccc3c2=O)CCCC1. The highest BCUT2D eigenvalue weighted by atomic mass is 35.5. The van der Waals surface area contributed by atoms with Gasteiger partial charge in [0.25, 0.3) is 5.56 Å². The fourth-order valence-electron chi connectivity index (χ4n) is 3.28. The molecule has 0 atom stereocenters. The second-order valence-corrected chi connectivity index (χ2v) is 6.25. The van der Waals surface area contributed by atoms with E-state index in [0.29, 0.717) is 24.0 Å². The summed E-state index contributed by atoms with van der Waals surface area (Å²) in [6.07, 6.45) is 5.84. The number of hydrogen-bond acceptors (Lipinski definition) is 4. The molecule has 1 heterocycles. The number of rotatable bonds is 5. The summed E-state index contributed by atoms with van der Waals surface area (Å²) in [6.45, 7) is 0.791. The van der Waals surface area contributed by atoms with Gasteiger partial charge in [-0.1, -0.05) is 25.0 Å². The van der Waals surface area contributed by atoms with Gasteiger partial charge in [-0.25, -0.2) is 4.98 Å². The summed E-state index contributed by atoms with van der Waals surface area (Å²) >= 11 is 0. The zero-order valence-electron chi connectivity index (χ0n) is 13.5. The fourth-order valence-corrected chi connectivity index (χ4v) is 3.28. The van der Waals surface area contributed by atoms with E-state index in [2.05, 4.69) is 10.3 Å². The molecule has 1 aromatic heterocycles. The Bertz CT molecular complexity index is 769. The summed E-state index contributed by atoms with van der Waals surface area (Å²) in [5.41, 5.74) is 6.14. The van der Waals surface area contributed by atoms with E-state index < -0.39 is 0 Å². The molecule has 1 fully saturated rings. The molecule has 0 radical (unpaired) electrons. The number of nitrogens with one attached hydrogen (secondary N) is 1. The molecule has 6 nitrogen and oxygen atoms in total. The van der Waals surface area contributed by atoms with Gasteiger partial charge in [0, 0.05) is 19.5 Å². The van der Waals surface area contributed by atoms with Gasteiger partial charge in [-0.2, -0.15) is 0 Å². The number of aryl methyl sites for hydroxylation is 1. The Balaban J connectivity index is 0.00000208. The first-order valence-corrected chi connectivity index (χ1v) is 8.09. The topological polar surface area (TPSA) is 90.0 Å². The van der Waals surface area contributed by atoms with Gasteiger partial charge in [0.05, 0.1) is 22.8 Å². The van der Waals surface area contributed by atoms with E-state index in [-0.39, 0.29) is 35.8 Å². The number of amides is 1. The Morgan fingerprint density at radius 2 is 2.00 bits per heavy atom. The van der Waals surface area contributed by atoms with Crippen molar-refractivity contribution in [3.8, 4) is 0 Å². The largest absolute Gasteiger partial charge is 0.349 e. The van der Waals surface area contributed by atoms with Crippen LogP contribution in [0.3, 0.4) is 0 Å². The first-order chi connectivity index (χ1) is 11.1. The standard InChI is InChI=1S/C17H22N4O2.ClH/c18-11-17(8-3-4-9-17)20-15(22)7-10-21-12-19-14-6-2-1-5-13(14)16(21)23;/h1-2,5-6,12H,3-4,7-11,18H2,(H,20,22);1H. The molecule has 3 N–H and O–H groups in total. The number of carbonyl (C=O) groups excluding carboxylic acids is 1. The molecule has 130 valence electrons. The van der Waals surface area contributed by atoms with Gasteiger partial charge in [0.2, 0.25) is 5.91 Å². The Labute approximate surface area is 146 Å². The third-order valence-electron chi connectivity index (χ3n) is 4.67. The molecular formula is C17H23ClN4O2. The third-order valence-corrected chi connectivity index (χ3v) is 4.67. The lowest BCUT2D eigenvalue weighted by atomic mass is 9.97. The van der Waals surface area contributed by atoms with Gasteiger partial charge < -0.3 is 11.1 Å². The van der Waals surface area contributed by atoms with Gasteiger partial charge in [0.15, 0.2) is 0 Å². The van der Waals surface area contributed by atoms with E-state index in [9.17, 15) is 9.59 Å². The van der Waals surface area contributed by atoms with Crippen LogP contribution in [-0.4, -0.2) is 27.5 Å². The smallest absolute Gasteiger partial charge is 0.261 e. The second kappa shape index (κ2) is 7.77. The number of halogens is 1. The van der Waals surface area contributed by atoms with E-state index in [1.54, 1.807) is 12.1 Å². The lowest BCUT2D eigenvalue weighted by Gasteiger charge is -2.28. The van der Waals surface area contributed by atoms with Crippen molar-refractivity contribution in [2.45, 2.75) is 44.2 Å². The maximum atomic E-state index is 12.4. The lowest BCUT2D eigenvalue weighted by Crippen LogP contribution is -2.51. The van der Waals surface area contributed by atoms with Gasteiger partial charge in [-0.05, 0) is 25.0 Å².